The minimum atomic E-state index is -0.794. The summed E-state index contributed by atoms with van der Waals surface area (Å²) >= 11 is 0. The van der Waals surface area contributed by atoms with Gasteiger partial charge in [0.25, 0.3) is 0 Å². The van der Waals surface area contributed by atoms with E-state index in [1.165, 1.54) is 18.4 Å². The maximum atomic E-state index is 8.79. The van der Waals surface area contributed by atoms with Crippen molar-refractivity contribution < 1.29 is 9.47 Å². The first-order chi connectivity index (χ1) is 17.9. The number of aliphatic imine (C=N–C) groups is 1. The number of nitrogens with zero attached hydrogens (tertiary/aromatic N) is 3. The van der Waals surface area contributed by atoms with Gasteiger partial charge in [0.15, 0.2) is 23.2 Å². The highest BCUT2D eigenvalue weighted by Gasteiger charge is 2.46. The van der Waals surface area contributed by atoms with E-state index < -0.39 is 5.79 Å². The molecule has 2 aromatic carbocycles. The van der Waals surface area contributed by atoms with Crippen LogP contribution < -0.4 is 25.8 Å². The molecule has 9 nitrogen and oxygen atoms in total. The van der Waals surface area contributed by atoms with Crippen LogP contribution in [0.25, 0.3) is 0 Å². The largest absolute Gasteiger partial charge is 0.493 e. The van der Waals surface area contributed by atoms with Crippen molar-refractivity contribution in [3.8, 4) is 11.5 Å². The Morgan fingerprint density at radius 2 is 1.65 bits per heavy atom. The van der Waals surface area contributed by atoms with Crippen LogP contribution in [0.3, 0.4) is 0 Å². The average Bonchev–Trinajstić information content (AvgIpc) is 3.48. The molecular weight excluding hydrogens is 466 g/mol. The molecule has 2 fully saturated rings. The third-order valence-electron chi connectivity index (χ3n) is 8.27. The quantitative estimate of drug-likeness (QED) is 0.353. The summed E-state index contributed by atoms with van der Waals surface area (Å²) in [4.78, 5) is 9.46. The van der Waals surface area contributed by atoms with Gasteiger partial charge < -0.3 is 30.3 Å². The van der Waals surface area contributed by atoms with E-state index in [1.54, 1.807) is 14.2 Å². The van der Waals surface area contributed by atoms with Crippen molar-refractivity contribution in [2.24, 2.45) is 10.7 Å². The molecule has 2 aromatic rings. The molecule has 0 aromatic heterocycles. The monoisotopic (exact) mass is 505 g/mol. The number of hydrogen-bond acceptors (Lipinski definition) is 7. The lowest BCUT2D eigenvalue weighted by molar-refractivity contribution is 0.163. The highest BCUT2D eigenvalue weighted by molar-refractivity contribution is 6.05. The van der Waals surface area contributed by atoms with Crippen LogP contribution in [-0.2, 0) is 5.41 Å². The third kappa shape index (κ3) is 4.68. The smallest absolute Gasteiger partial charge is 0.193 e. The van der Waals surface area contributed by atoms with Crippen LogP contribution in [0.1, 0.15) is 43.2 Å². The molecule has 198 valence electrons. The molecule has 0 amide bonds. The van der Waals surface area contributed by atoms with Crippen molar-refractivity contribution in [3.63, 3.8) is 0 Å². The molecule has 37 heavy (non-hydrogen) atoms. The number of methoxy groups -OCH3 is 2. The zero-order valence-electron chi connectivity index (χ0n) is 22.1. The molecule has 3 aliphatic heterocycles. The van der Waals surface area contributed by atoms with Crippen LogP contribution in [0.4, 0.5) is 5.69 Å². The molecule has 0 radical (unpaired) electrons. The van der Waals surface area contributed by atoms with E-state index in [0.29, 0.717) is 29.7 Å². The normalized spacial score (nSPS) is 22.6. The van der Waals surface area contributed by atoms with Crippen LogP contribution in [0, 0.1) is 5.41 Å². The lowest BCUT2D eigenvalue weighted by atomic mass is 9.68. The molecule has 3 heterocycles. The van der Waals surface area contributed by atoms with E-state index in [4.69, 9.17) is 25.6 Å². The van der Waals surface area contributed by atoms with Crippen molar-refractivity contribution in [3.05, 3.63) is 53.6 Å². The second kappa shape index (κ2) is 10.1. The molecular formula is C28H39N7O2. The Hall–Kier alpha value is -3.46. The summed E-state index contributed by atoms with van der Waals surface area (Å²) in [6.07, 6.45) is 4.91. The van der Waals surface area contributed by atoms with Crippen LogP contribution >= 0.6 is 0 Å². The molecule has 5 N–H and O–H groups in total. The van der Waals surface area contributed by atoms with Crippen LogP contribution in [0.5, 0.6) is 11.5 Å². The predicted octanol–water partition coefficient (Wildman–Crippen LogP) is 3.16. The van der Waals surface area contributed by atoms with Crippen molar-refractivity contribution >= 4 is 17.5 Å². The lowest BCUT2D eigenvalue weighted by Gasteiger charge is -2.48. The van der Waals surface area contributed by atoms with Crippen LogP contribution in [-0.4, -0.2) is 74.8 Å². The maximum absolute atomic E-state index is 8.79. The Morgan fingerprint density at radius 1 is 1.03 bits per heavy atom. The van der Waals surface area contributed by atoms with Crippen molar-refractivity contribution in [2.75, 3.05) is 52.8 Å². The standard InChI is InChI=1S/C28H39N7O2/c1-31-28(32-22-18-24(37-3)23(36-2)17-21(22)25(29)33-28)19-27(20-9-5-4-6-10-20)11-15-35(16-12-27)26(30)34-13-7-8-14-34/h4-6,9-10,17-18,30-32H,7-8,11-16,19H2,1-3H3,(H2,29,33). The van der Waals surface area contributed by atoms with E-state index in [9.17, 15) is 0 Å². The zero-order valence-corrected chi connectivity index (χ0v) is 22.1. The fourth-order valence-corrected chi connectivity index (χ4v) is 6.13. The van der Waals surface area contributed by atoms with Gasteiger partial charge in [0.05, 0.1) is 19.9 Å². The number of nitrogens with one attached hydrogen (secondary N) is 3. The molecule has 0 bridgehead atoms. The summed E-state index contributed by atoms with van der Waals surface area (Å²) in [5.41, 5.74) is 9.37. The number of ether oxygens (including phenoxy) is 2. The number of guanidine groups is 1. The van der Waals surface area contributed by atoms with Gasteiger partial charge in [-0.05, 0) is 44.4 Å². The number of amidine groups is 1. The Labute approximate surface area is 219 Å². The average molecular weight is 506 g/mol. The van der Waals surface area contributed by atoms with Gasteiger partial charge in [0.2, 0.25) is 0 Å². The van der Waals surface area contributed by atoms with Crippen LogP contribution in [0.15, 0.2) is 47.5 Å². The van der Waals surface area contributed by atoms with E-state index in [0.717, 1.165) is 50.3 Å². The van der Waals surface area contributed by atoms with Crippen molar-refractivity contribution in [1.82, 2.24) is 15.1 Å². The summed E-state index contributed by atoms with van der Waals surface area (Å²) in [5.74, 6) is 1.60. The number of piperidine rings is 1. The van der Waals surface area contributed by atoms with E-state index >= 15 is 0 Å². The summed E-state index contributed by atoms with van der Waals surface area (Å²) < 4.78 is 11.0. The molecule has 0 spiro atoms. The number of likely N-dealkylation sites (tertiary alicyclic amines) is 2. The number of rotatable bonds is 6. The highest BCUT2D eigenvalue weighted by Crippen LogP contribution is 2.45. The second-order valence-corrected chi connectivity index (χ2v) is 10.3. The summed E-state index contributed by atoms with van der Waals surface area (Å²) in [6.45, 7) is 3.66. The van der Waals surface area contributed by atoms with Gasteiger partial charge in [0, 0.05) is 49.6 Å². The fraction of sp³-hybridized carbons (Fsp3) is 0.500. The van der Waals surface area contributed by atoms with Gasteiger partial charge in [-0.25, -0.2) is 4.99 Å². The third-order valence-corrected chi connectivity index (χ3v) is 8.27. The fourth-order valence-electron chi connectivity index (χ4n) is 6.13. The zero-order chi connectivity index (χ0) is 26.0. The lowest BCUT2D eigenvalue weighted by Crippen LogP contribution is -2.58. The summed E-state index contributed by atoms with van der Waals surface area (Å²) in [6, 6.07) is 14.5. The van der Waals surface area contributed by atoms with Crippen molar-refractivity contribution in [2.45, 2.75) is 43.3 Å². The molecule has 0 aliphatic carbocycles. The van der Waals surface area contributed by atoms with Gasteiger partial charge in [-0.15, -0.1) is 0 Å². The first-order valence-corrected chi connectivity index (χ1v) is 13.2. The SMILES string of the molecule is CNC1(CC2(c3ccccc3)CCN(C(=N)N3CCCC3)CC2)N=C(N)c2cc(OC)c(OC)cc2N1. The molecule has 2 saturated heterocycles. The van der Waals surface area contributed by atoms with E-state index in [-0.39, 0.29) is 5.41 Å². The minimum absolute atomic E-state index is 0.142. The Kier molecular flexibility index (Phi) is 6.90. The highest BCUT2D eigenvalue weighted by atomic mass is 16.5. The molecule has 3 aliphatic rings. The van der Waals surface area contributed by atoms with Crippen LogP contribution in [0.2, 0.25) is 0 Å². The van der Waals surface area contributed by atoms with Gasteiger partial charge in [-0.1, -0.05) is 30.3 Å². The number of anilines is 1. The van der Waals surface area contributed by atoms with Crippen molar-refractivity contribution in [1.29, 1.82) is 5.41 Å². The molecule has 1 atom stereocenters. The minimum Gasteiger partial charge on any atom is -0.493 e. The Balaban J connectivity index is 1.46. The Bertz CT molecular complexity index is 1150. The summed E-state index contributed by atoms with van der Waals surface area (Å²) in [7, 11) is 5.17. The first kappa shape index (κ1) is 25.2. The van der Waals surface area contributed by atoms with Gasteiger partial charge in [-0.2, -0.15) is 0 Å². The molecule has 0 saturated carbocycles. The molecule has 5 rings (SSSR count). The number of hydrogen-bond donors (Lipinski definition) is 4. The number of nitrogens with two attached hydrogens (primary N) is 1. The first-order valence-electron chi connectivity index (χ1n) is 13.2. The maximum Gasteiger partial charge on any atom is 0.193 e. The van der Waals surface area contributed by atoms with Gasteiger partial charge in [-0.3, -0.25) is 10.7 Å². The number of fused-ring (bicyclic) bond motifs is 1. The second-order valence-electron chi connectivity index (χ2n) is 10.3. The topological polar surface area (TPSA) is 111 Å². The Morgan fingerprint density at radius 3 is 2.27 bits per heavy atom. The van der Waals surface area contributed by atoms with E-state index in [1.807, 2.05) is 19.2 Å². The summed E-state index contributed by atoms with van der Waals surface area (Å²) in [5, 5.41) is 15.9. The number of benzene rings is 2. The van der Waals surface area contributed by atoms with Gasteiger partial charge >= 0.3 is 0 Å². The van der Waals surface area contributed by atoms with Gasteiger partial charge in [0.1, 0.15) is 5.84 Å². The predicted molar refractivity (Wildman–Crippen MR) is 148 cm³/mol. The molecule has 9 heteroatoms. The van der Waals surface area contributed by atoms with E-state index in [2.05, 4.69) is 50.8 Å². The molecule has 1 unspecified atom stereocenters.